The van der Waals surface area contributed by atoms with Crippen LogP contribution in [0.15, 0.2) is 78.9 Å². The molecule has 0 radical (unpaired) electrons. The Morgan fingerprint density at radius 1 is 1.00 bits per heavy atom. The molecule has 3 aromatic rings. The zero-order chi connectivity index (χ0) is 24.6. The van der Waals surface area contributed by atoms with E-state index in [1.54, 1.807) is 17.0 Å². The molecule has 0 saturated carbocycles. The second-order valence-corrected chi connectivity index (χ2v) is 8.84. The van der Waals surface area contributed by atoms with Crippen LogP contribution in [0.5, 0.6) is 5.75 Å². The number of carbonyl (C=O) groups excluding carboxylic acids is 2. The third-order valence-electron chi connectivity index (χ3n) is 6.36. The van der Waals surface area contributed by atoms with Gasteiger partial charge >= 0.3 is 0 Å². The van der Waals surface area contributed by atoms with E-state index in [1.165, 1.54) is 12.1 Å². The van der Waals surface area contributed by atoms with Crippen LogP contribution in [0, 0.1) is 11.7 Å². The number of nitrogens with zero attached hydrogens (tertiary/aromatic N) is 1. The van der Waals surface area contributed by atoms with Gasteiger partial charge in [0, 0.05) is 13.1 Å². The predicted molar refractivity (Wildman–Crippen MR) is 133 cm³/mol. The fourth-order valence-corrected chi connectivity index (χ4v) is 4.49. The van der Waals surface area contributed by atoms with Gasteiger partial charge in [-0.15, -0.1) is 0 Å². The standard InChI is InChI=1S/C29H31FN2O3/c1-2-35-26-16-12-23(13-17-26)28(22-7-4-3-5-8-22)31-29(34)24-9-6-18-32(20-24)27(33)19-21-10-14-25(30)15-11-21/h3-5,7-8,10-17,24,28H,2,6,9,18-20H2,1H3,(H,31,34). The van der Waals surface area contributed by atoms with Gasteiger partial charge in [-0.25, -0.2) is 4.39 Å². The molecule has 1 N–H and O–H groups in total. The van der Waals surface area contributed by atoms with Gasteiger partial charge in [-0.05, 0) is 60.7 Å². The van der Waals surface area contributed by atoms with Crippen LogP contribution in [0.3, 0.4) is 0 Å². The van der Waals surface area contributed by atoms with Gasteiger partial charge in [0.1, 0.15) is 11.6 Å². The summed E-state index contributed by atoms with van der Waals surface area (Å²) in [5.41, 5.74) is 2.72. The highest BCUT2D eigenvalue weighted by Gasteiger charge is 2.30. The molecule has 0 bridgehead atoms. The summed E-state index contributed by atoms with van der Waals surface area (Å²) in [6, 6.07) is 23.3. The van der Waals surface area contributed by atoms with Crippen molar-refractivity contribution in [2.75, 3.05) is 19.7 Å². The van der Waals surface area contributed by atoms with Crippen LogP contribution in [-0.2, 0) is 16.0 Å². The molecule has 1 fully saturated rings. The highest BCUT2D eigenvalue weighted by atomic mass is 19.1. The number of likely N-dealkylation sites (tertiary alicyclic amines) is 1. The molecule has 6 heteroatoms. The molecule has 2 amide bonds. The van der Waals surface area contributed by atoms with E-state index in [-0.39, 0.29) is 36.0 Å². The Kier molecular flexibility index (Phi) is 8.14. The summed E-state index contributed by atoms with van der Waals surface area (Å²) in [4.78, 5) is 28.0. The van der Waals surface area contributed by atoms with E-state index in [9.17, 15) is 14.0 Å². The van der Waals surface area contributed by atoms with E-state index >= 15 is 0 Å². The highest BCUT2D eigenvalue weighted by Crippen LogP contribution is 2.26. The Balaban J connectivity index is 1.45. The number of amides is 2. The molecule has 0 aromatic heterocycles. The smallest absolute Gasteiger partial charge is 0.227 e. The van der Waals surface area contributed by atoms with Gasteiger partial charge < -0.3 is 15.0 Å². The lowest BCUT2D eigenvalue weighted by Crippen LogP contribution is -2.46. The summed E-state index contributed by atoms with van der Waals surface area (Å²) < 4.78 is 18.7. The number of hydrogen-bond donors (Lipinski definition) is 1. The molecule has 182 valence electrons. The quantitative estimate of drug-likeness (QED) is 0.505. The zero-order valence-electron chi connectivity index (χ0n) is 20.0. The molecule has 4 rings (SSSR count). The molecule has 1 aliphatic rings. The Bertz CT molecular complexity index is 1120. The molecular weight excluding hydrogens is 443 g/mol. The number of nitrogens with one attached hydrogen (secondary N) is 1. The topological polar surface area (TPSA) is 58.6 Å². The van der Waals surface area contributed by atoms with Crippen molar-refractivity contribution in [3.63, 3.8) is 0 Å². The molecule has 0 aliphatic carbocycles. The summed E-state index contributed by atoms with van der Waals surface area (Å²) in [7, 11) is 0. The molecule has 35 heavy (non-hydrogen) atoms. The Labute approximate surface area is 205 Å². The third kappa shape index (κ3) is 6.47. The van der Waals surface area contributed by atoms with Crippen LogP contribution in [0.1, 0.15) is 42.5 Å². The van der Waals surface area contributed by atoms with Crippen molar-refractivity contribution in [1.29, 1.82) is 0 Å². The van der Waals surface area contributed by atoms with Crippen molar-refractivity contribution in [2.24, 2.45) is 5.92 Å². The molecule has 3 aromatic carbocycles. The average molecular weight is 475 g/mol. The second kappa shape index (κ2) is 11.6. The normalized spacial score (nSPS) is 16.4. The number of carbonyl (C=O) groups is 2. The van der Waals surface area contributed by atoms with Crippen molar-refractivity contribution in [3.05, 3.63) is 101 Å². The number of rotatable bonds is 8. The number of piperidine rings is 1. The summed E-state index contributed by atoms with van der Waals surface area (Å²) in [5.74, 6) is 0.0791. The van der Waals surface area contributed by atoms with Crippen LogP contribution >= 0.6 is 0 Å². The van der Waals surface area contributed by atoms with Crippen LogP contribution in [0.4, 0.5) is 4.39 Å². The maximum absolute atomic E-state index is 13.4. The van der Waals surface area contributed by atoms with Crippen molar-refractivity contribution < 1.29 is 18.7 Å². The van der Waals surface area contributed by atoms with Crippen molar-refractivity contribution in [3.8, 4) is 5.75 Å². The zero-order valence-corrected chi connectivity index (χ0v) is 20.0. The SMILES string of the molecule is CCOc1ccc(C(NC(=O)C2CCCN(C(=O)Cc3ccc(F)cc3)C2)c2ccccc2)cc1. The van der Waals surface area contributed by atoms with E-state index < -0.39 is 0 Å². The molecule has 5 nitrogen and oxygen atoms in total. The fourth-order valence-electron chi connectivity index (χ4n) is 4.49. The Morgan fingerprint density at radius 3 is 2.37 bits per heavy atom. The van der Waals surface area contributed by atoms with E-state index in [0.717, 1.165) is 35.3 Å². The lowest BCUT2D eigenvalue weighted by molar-refractivity contribution is -0.135. The van der Waals surface area contributed by atoms with Crippen LogP contribution in [0.2, 0.25) is 0 Å². The molecule has 0 spiro atoms. The molecule has 1 aliphatic heterocycles. The molecule has 1 saturated heterocycles. The van der Waals surface area contributed by atoms with Crippen LogP contribution in [0.25, 0.3) is 0 Å². The van der Waals surface area contributed by atoms with Gasteiger partial charge in [0.15, 0.2) is 0 Å². The lowest BCUT2D eigenvalue weighted by Gasteiger charge is -2.33. The van der Waals surface area contributed by atoms with Crippen molar-refractivity contribution >= 4 is 11.8 Å². The number of ether oxygens (including phenoxy) is 1. The average Bonchev–Trinajstić information content (AvgIpc) is 2.90. The summed E-state index contributed by atoms with van der Waals surface area (Å²) in [6.45, 7) is 3.55. The van der Waals surface area contributed by atoms with E-state index in [0.29, 0.717) is 19.7 Å². The van der Waals surface area contributed by atoms with Gasteiger partial charge in [-0.2, -0.15) is 0 Å². The van der Waals surface area contributed by atoms with E-state index in [4.69, 9.17) is 4.74 Å². The maximum Gasteiger partial charge on any atom is 0.227 e. The first-order valence-corrected chi connectivity index (χ1v) is 12.1. The monoisotopic (exact) mass is 474 g/mol. The van der Waals surface area contributed by atoms with Gasteiger partial charge in [-0.3, -0.25) is 9.59 Å². The summed E-state index contributed by atoms with van der Waals surface area (Å²) in [5, 5.41) is 3.23. The van der Waals surface area contributed by atoms with Gasteiger partial charge in [0.25, 0.3) is 0 Å². The van der Waals surface area contributed by atoms with E-state index in [2.05, 4.69) is 5.32 Å². The number of hydrogen-bond acceptors (Lipinski definition) is 3. The van der Waals surface area contributed by atoms with Crippen LogP contribution < -0.4 is 10.1 Å². The summed E-state index contributed by atoms with van der Waals surface area (Å²) >= 11 is 0. The first-order chi connectivity index (χ1) is 17.0. The third-order valence-corrected chi connectivity index (χ3v) is 6.36. The minimum Gasteiger partial charge on any atom is -0.494 e. The van der Waals surface area contributed by atoms with Crippen LogP contribution in [-0.4, -0.2) is 36.4 Å². The molecule has 2 unspecified atom stereocenters. The van der Waals surface area contributed by atoms with Gasteiger partial charge in [0.05, 0.1) is 25.0 Å². The largest absolute Gasteiger partial charge is 0.494 e. The first-order valence-electron chi connectivity index (χ1n) is 12.1. The minimum absolute atomic E-state index is 0.0415. The molecule has 1 heterocycles. The van der Waals surface area contributed by atoms with E-state index in [1.807, 2.05) is 61.5 Å². The highest BCUT2D eigenvalue weighted by molar-refractivity contribution is 5.83. The van der Waals surface area contributed by atoms with Crippen molar-refractivity contribution in [1.82, 2.24) is 10.2 Å². The molecule has 2 atom stereocenters. The fraction of sp³-hybridized carbons (Fsp3) is 0.310. The maximum atomic E-state index is 13.4. The first kappa shape index (κ1) is 24.5. The summed E-state index contributed by atoms with van der Waals surface area (Å²) in [6.07, 6.45) is 1.71. The Hall–Kier alpha value is -3.67. The predicted octanol–water partition coefficient (Wildman–Crippen LogP) is 4.91. The number of benzene rings is 3. The molecular formula is C29H31FN2O3. The van der Waals surface area contributed by atoms with Crippen molar-refractivity contribution in [2.45, 2.75) is 32.2 Å². The number of halogens is 1. The van der Waals surface area contributed by atoms with Gasteiger partial charge in [0.2, 0.25) is 11.8 Å². The lowest BCUT2D eigenvalue weighted by atomic mass is 9.94. The second-order valence-electron chi connectivity index (χ2n) is 8.84. The minimum atomic E-state index is -0.323. The van der Waals surface area contributed by atoms with Gasteiger partial charge in [-0.1, -0.05) is 54.6 Å². The Morgan fingerprint density at radius 2 is 1.69 bits per heavy atom.